The second kappa shape index (κ2) is 5.19. The fourth-order valence-electron chi connectivity index (χ4n) is 1.18. The van der Waals surface area contributed by atoms with Crippen molar-refractivity contribution in [3.05, 3.63) is 0 Å². The average Bonchev–Trinajstić information content (AvgIpc) is 2.55. The van der Waals surface area contributed by atoms with Crippen molar-refractivity contribution in [2.45, 2.75) is 25.4 Å². The summed E-state index contributed by atoms with van der Waals surface area (Å²) in [4.78, 5) is 21.6. The zero-order chi connectivity index (χ0) is 9.68. The van der Waals surface area contributed by atoms with E-state index < -0.39 is 5.24 Å². The number of nitrogens with one attached hydrogen (secondary N) is 1. The topological polar surface area (TPSA) is 55.4 Å². The Morgan fingerprint density at radius 2 is 2.31 bits per heavy atom. The lowest BCUT2D eigenvalue weighted by atomic mass is 10.2. The Labute approximate surface area is 81.6 Å². The predicted octanol–water partition coefficient (Wildman–Crippen LogP) is 0.437. The van der Waals surface area contributed by atoms with E-state index in [1.807, 2.05) is 0 Å². The molecule has 0 bridgehead atoms. The Kier molecular flexibility index (Phi) is 4.18. The molecule has 0 aromatic rings. The van der Waals surface area contributed by atoms with Crippen LogP contribution in [0, 0.1) is 0 Å². The van der Waals surface area contributed by atoms with Crippen LogP contribution >= 0.6 is 11.6 Å². The van der Waals surface area contributed by atoms with Gasteiger partial charge in [-0.1, -0.05) is 0 Å². The Balaban J connectivity index is 2.13. The molecule has 5 heteroatoms. The van der Waals surface area contributed by atoms with E-state index in [2.05, 4.69) is 5.32 Å². The molecule has 1 rings (SSSR count). The molecule has 1 atom stereocenters. The smallest absolute Gasteiger partial charge is 0.249 e. The van der Waals surface area contributed by atoms with Crippen molar-refractivity contribution in [1.29, 1.82) is 0 Å². The van der Waals surface area contributed by atoms with Crippen LogP contribution in [-0.2, 0) is 14.3 Å². The molecule has 1 aliphatic heterocycles. The van der Waals surface area contributed by atoms with Crippen LogP contribution in [0.4, 0.5) is 0 Å². The first-order valence-electron chi connectivity index (χ1n) is 4.28. The standard InChI is InChI=1S/C8H12ClNO3/c9-7(11)3-4-10-8(12)6-2-1-5-13-6/h6H,1-5H2,(H,10,12). The lowest BCUT2D eigenvalue weighted by Gasteiger charge is -2.08. The Morgan fingerprint density at radius 3 is 2.85 bits per heavy atom. The lowest BCUT2D eigenvalue weighted by molar-refractivity contribution is -0.130. The van der Waals surface area contributed by atoms with Gasteiger partial charge in [-0.3, -0.25) is 9.59 Å². The Bertz CT molecular complexity index is 202. The number of amides is 1. The highest BCUT2D eigenvalue weighted by Gasteiger charge is 2.22. The highest BCUT2D eigenvalue weighted by molar-refractivity contribution is 6.63. The van der Waals surface area contributed by atoms with Gasteiger partial charge in [-0.2, -0.15) is 0 Å². The molecule has 1 saturated heterocycles. The lowest BCUT2D eigenvalue weighted by Crippen LogP contribution is -2.35. The maximum atomic E-state index is 11.2. The van der Waals surface area contributed by atoms with E-state index in [-0.39, 0.29) is 18.4 Å². The molecule has 0 radical (unpaired) electrons. The molecular weight excluding hydrogens is 194 g/mol. The van der Waals surface area contributed by atoms with Gasteiger partial charge in [0.1, 0.15) is 6.10 Å². The molecule has 13 heavy (non-hydrogen) atoms. The monoisotopic (exact) mass is 205 g/mol. The van der Waals surface area contributed by atoms with Crippen molar-refractivity contribution < 1.29 is 14.3 Å². The molecule has 74 valence electrons. The molecule has 1 heterocycles. The summed E-state index contributed by atoms with van der Waals surface area (Å²) in [6.45, 7) is 0.938. The van der Waals surface area contributed by atoms with Crippen LogP contribution in [0.15, 0.2) is 0 Å². The van der Waals surface area contributed by atoms with Crippen LogP contribution in [0.1, 0.15) is 19.3 Å². The van der Waals surface area contributed by atoms with Crippen LogP contribution in [0.25, 0.3) is 0 Å². The van der Waals surface area contributed by atoms with Gasteiger partial charge in [-0.15, -0.1) is 0 Å². The van der Waals surface area contributed by atoms with Crippen molar-refractivity contribution >= 4 is 22.8 Å². The molecule has 0 aromatic carbocycles. The number of carbonyl (C=O) groups excluding carboxylic acids is 2. The summed E-state index contributed by atoms with van der Waals surface area (Å²) < 4.78 is 5.14. The van der Waals surface area contributed by atoms with E-state index in [0.717, 1.165) is 12.8 Å². The number of hydrogen-bond acceptors (Lipinski definition) is 3. The summed E-state index contributed by atoms with van der Waals surface area (Å²) in [5.41, 5.74) is 0. The van der Waals surface area contributed by atoms with Crippen LogP contribution in [0.2, 0.25) is 0 Å². The van der Waals surface area contributed by atoms with E-state index in [9.17, 15) is 9.59 Å². The van der Waals surface area contributed by atoms with Gasteiger partial charge in [0.2, 0.25) is 11.1 Å². The predicted molar refractivity (Wildman–Crippen MR) is 47.5 cm³/mol. The summed E-state index contributed by atoms with van der Waals surface area (Å²) in [7, 11) is 0. The molecular formula is C8H12ClNO3. The van der Waals surface area contributed by atoms with Gasteiger partial charge in [-0.05, 0) is 24.4 Å². The quantitative estimate of drug-likeness (QED) is 0.678. The third kappa shape index (κ3) is 3.74. The number of ether oxygens (including phenoxy) is 1. The second-order valence-corrected chi connectivity index (χ2v) is 3.32. The minimum atomic E-state index is -0.437. The number of carbonyl (C=O) groups is 2. The van der Waals surface area contributed by atoms with Gasteiger partial charge >= 0.3 is 0 Å². The molecule has 1 fully saturated rings. The first-order chi connectivity index (χ1) is 6.20. The molecule has 0 spiro atoms. The molecule has 1 unspecified atom stereocenters. The van der Waals surface area contributed by atoms with Crippen LogP contribution in [0.5, 0.6) is 0 Å². The van der Waals surface area contributed by atoms with E-state index >= 15 is 0 Å². The van der Waals surface area contributed by atoms with Crippen LogP contribution in [-0.4, -0.2) is 30.4 Å². The number of hydrogen-bond donors (Lipinski definition) is 1. The maximum Gasteiger partial charge on any atom is 0.249 e. The fourth-order valence-corrected chi connectivity index (χ4v) is 1.28. The number of halogens is 1. The second-order valence-electron chi connectivity index (χ2n) is 2.90. The minimum Gasteiger partial charge on any atom is -0.368 e. The SMILES string of the molecule is O=C(Cl)CCNC(=O)C1CCCO1. The first-order valence-corrected chi connectivity index (χ1v) is 4.65. The molecule has 0 aliphatic carbocycles. The summed E-state index contributed by atoms with van der Waals surface area (Å²) >= 11 is 5.10. The molecule has 0 saturated carbocycles. The summed E-state index contributed by atoms with van der Waals surface area (Å²) in [5, 5.41) is 2.15. The normalized spacial score (nSPS) is 21.5. The van der Waals surface area contributed by atoms with E-state index in [1.165, 1.54) is 0 Å². The Morgan fingerprint density at radius 1 is 1.54 bits per heavy atom. The Hall–Kier alpha value is -0.610. The largest absolute Gasteiger partial charge is 0.368 e. The van der Waals surface area contributed by atoms with Crippen molar-refractivity contribution in [2.75, 3.05) is 13.2 Å². The summed E-state index contributed by atoms with van der Waals surface area (Å²) in [6, 6.07) is 0. The first kappa shape index (κ1) is 10.5. The van der Waals surface area contributed by atoms with Gasteiger partial charge in [0.05, 0.1) is 0 Å². The highest BCUT2D eigenvalue weighted by Crippen LogP contribution is 2.11. The molecule has 1 aliphatic rings. The van der Waals surface area contributed by atoms with E-state index in [1.54, 1.807) is 0 Å². The van der Waals surface area contributed by atoms with Gasteiger partial charge in [0, 0.05) is 19.6 Å². The zero-order valence-corrected chi connectivity index (χ0v) is 7.97. The van der Waals surface area contributed by atoms with Crippen molar-refractivity contribution in [3.63, 3.8) is 0 Å². The average molecular weight is 206 g/mol. The third-order valence-corrected chi connectivity index (χ3v) is 2.03. The van der Waals surface area contributed by atoms with Gasteiger partial charge in [0.25, 0.3) is 0 Å². The van der Waals surface area contributed by atoms with Gasteiger partial charge < -0.3 is 10.1 Å². The van der Waals surface area contributed by atoms with E-state index in [4.69, 9.17) is 16.3 Å². The molecule has 4 nitrogen and oxygen atoms in total. The molecule has 0 aromatic heterocycles. The fraction of sp³-hybridized carbons (Fsp3) is 0.750. The van der Waals surface area contributed by atoms with Gasteiger partial charge in [-0.25, -0.2) is 0 Å². The highest BCUT2D eigenvalue weighted by atomic mass is 35.5. The van der Waals surface area contributed by atoms with Crippen molar-refractivity contribution in [3.8, 4) is 0 Å². The minimum absolute atomic E-state index is 0.143. The van der Waals surface area contributed by atoms with Crippen LogP contribution in [0.3, 0.4) is 0 Å². The van der Waals surface area contributed by atoms with E-state index in [0.29, 0.717) is 13.2 Å². The van der Waals surface area contributed by atoms with Crippen molar-refractivity contribution in [1.82, 2.24) is 5.32 Å². The summed E-state index contributed by atoms with van der Waals surface area (Å²) in [6.07, 6.45) is 1.53. The summed E-state index contributed by atoms with van der Waals surface area (Å²) in [5.74, 6) is -0.143. The van der Waals surface area contributed by atoms with Crippen LogP contribution < -0.4 is 5.32 Å². The number of rotatable bonds is 4. The van der Waals surface area contributed by atoms with Gasteiger partial charge in [0.15, 0.2) is 0 Å². The molecule has 1 amide bonds. The zero-order valence-electron chi connectivity index (χ0n) is 7.22. The molecule has 1 N–H and O–H groups in total. The van der Waals surface area contributed by atoms with Crippen molar-refractivity contribution in [2.24, 2.45) is 0 Å². The third-order valence-electron chi connectivity index (χ3n) is 1.84. The maximum absolute atomic E-state index is 11.2.